The first-order valence-electron chi connectivity index (χ1n) is 7.89. The van der Waals surface area contributed by atoms with Gasteiger partial charge in [-0.3, -0.25) is 0 Å². The maximum absolute atomic E-state index is 12.0. The number of benzene rings is 2. The SMILES string of the molecule is CC/C=N/N1C(=O)OC[C@@H]1C(c1ccccc1)c1ccccc1. The number of hydrazone groups is 1. The quantitative estimate of drug-likeness (QED) is 0.782. The van der Waals surface area contributed by atoms with Gasteiger partial charge in [-0.25, -0.2) is 4.79 Å². The van der Waals surface area contributed by atoms with Crippen LogP contribution in [0.2, 0.25) is 0 Å². The zero-order chi connectivity index (χ0) is 16.1. The lowest BCUT2D eigenvalue weighted by atomic mass is 9.85. The van der Waals surface area contributed by atoms with Crippen LogP contribution in [0, 0.1) is 0 Å². The topological polar surface area (TPSA) is 41.9 Å². The Labute approximate surface area is 136 Å². The van der Waals surface area contributed by atoms with Crippen molar-refractivity contribution in [3.8, 4) is 0 Å². The molecule has 4 heteroatoms. The van der Waals surface area contributed by atoms with E-state index in [-0.39, 0.29) is 18.1 Å². The average molecular weight is 308 g/mol. The molecule has 1 aliphatic rings. The van der Waals surface area contributed by atoms with Gasteiger partial charge in [-0.2, -0.15) is 10.1 Å². The summed E-state index contributed by atoms with van der Waals surface area (Å²) in [7, 11) is 0. The molecule has 0 saturated carbocycles. The lowest BCUT2D eigenvalue weighted by Crippen LogP contribution is -2.34. The Balaban J connectivity index is 2.01. The zero-order valence-corrected chi connectivity index (χ0v) is 13.1. The number of ether oxygens (including phenoxy) is 1. The molecule has 0 aromatic heterocycles. The summed E-state index contributed by atoms with van der Waals surface area (Å²) >= 11 is 0. The fourth-order valence-corrected chi connectivity index (χ4v) is 2.93. The monoisotopic (exact) mass is 308 g/mol. The van der Waals surface area contributed by atoms with Crippen LogP contribution in [-0.4, -0.2) is 30.0 Å². The molecule has 2 aromatic rings. The second-order valence-electron chi connectivity index (χ2n) is 5.49. The normalized spacial score (nSPS) is 17.9. The highest BCUT2D eigenvalue weighted by Gasteiger charge is 2.40. The molecule has 23 heavy (non-hydrogen) atoms. The standard InChI is InChI=1S/C19H20N2O2/c1-2-13-20-21-17(14-23-19(21)22)18(15-9-5-3-6-10-15)16-11-7-4-8-12-16/h3-13,17-18H,2,14H2,1H3/b20-13+/t17-/m1/s1. The minimum absolute atomic E-state index is 0.0258. The summed E-state index contributed by atoms with van der Waals surface area (Å²) in [5, 5.41) is 5.79. The number of hydrogen-bond acceptors (Lipinski definition) is 3. The van der Waals surface area contributed by atoms with E-state index in [0.717, 1.165) is 17.5 Å². The molecule has 118 valence electrons. The Hall–Kier alpha value is -2.62. The van der Waals surface area contributed by atoms with E-state index in [2.05, 4.69) is 29.4 Å². The fraction of sp³-hybridized carbons (Fsp3) is 0.263. The van der Waals surface area contributed by atoms with Crippen molar-refractivity contribution < 1.29 is 9.53 Å². The van der Waals surface area contributed by atoms with Gasteiger partial charge in [-0.05, 0) is 17.5 Å². The second kappa shape index (κ2) is 7.09. The number of carbonyl (C=O) groups is 1. The molecule has 1 atom stereocenters. The van der Waals surface area contributed by atoms with Crippen molar-refractivity contribution >= 4 is 12.3 Å². The van der Waals surface area contributed by atoms with Crippen LogP contribution in [0.3, 0.4) is 0 Å². The first-order valence-corrected chi connectivity index (χ1v) is 7.89. The number of amides is 1. The van der Waals surface area contributed by atoms with Gasteiger partial charge < -0.3 is 4.74 Å². The van der Waals surface area contributed by atoms with Gasteiger partial charge in [0.1, 0.15) is 12.6 Å². The summed E-state index contributed by atoms with van der Waals surface area (Å²) in [6, 6.07) is 20.3. The maximum Gasteiger partial charge on any atom is 0.430 e. The van der Waals surface area contributed by atoms with Crippen molar-refractivity contribution in [1.82, 2.24) is 5.01 Å². The van der Waals surface area contributed by atoms with Gasteiger partial charge in [0.2, 0.25) is 0 Å². The molecule has 0 aliphatic carbocycles. The highest BCUT2D eigenvalue weighted by molar-refractivity contribution is 5.72. The highest BCUT2D eigenvalue weighted by Crippen LogP contribution is 2.34. The molecule has 1 saturated heterocycles. The molecule has 1 amide bonds. The molecule has 3 rings (SSSR count). The van der Waals surface area contributed by atoms with Crippen LogP contribution in [-0.2, 0) is 4.74 Å². The van der Waals surface area contributed by atoms with Crippen molar-refractivity contribution in [2.75, 3.05) is 6.61 Å². The van der Waals surface area contributed by atoms with Gasteiger partial charge in [0.25, 0.3) is 0 Å². The molecule has 1 heterocycles. The first kappa shape index (κ1) is 15.3. The summed E-state index contributed by atoms with van der Waals surface area (Å²) in [5.74, 6) is 0.0258. The third kappa shape index (κ3) is 3.26. The Kier molecular flexibility index (Phi) is 4.71. The van der Waals surface area contributed by atoms with E-state index in [1.54, 1.807) is 6.21 Å². The average Bonchev–Trinajstić information content (AvgIpc) is 2.96. The van der Waals surface area contributed by atoms with Crippen LogP contribution in [0.5, 0.6) is 0 Å². The van der Waals surface area contributed by atoms with Crippen LogP contribution in [0.1, 0.15) is 30.4 Å². The smallest absolute Gasteiger partial charge is 0.430 e. The molecule has 1 fully saturated rings. The third-order valence-corrected chi connectivity index (χ3v) is 3.97. The van der Waals surface area contributed by atoms with Crippen molar-refractivity contribution in [2.24, 2.45) is 5.10 Å². The molecule has 0 spiro atoms. The lowest BCUT2D eigenvalue weighted by Gasteiger charge is -2.27. The zero-order valence-electron chi connectivity index (χ0n) is 13.1. The van der Waals surface area contributed by atoms with Gasteiger partial charge >= 0.3 is 6.09 Å². The molecule has 2 aromatic carbocycles. The molecule has 0 bridgehead atoms. The van der Waals surface area contributed by atoms with Crippen molar-refractivity contribution in [3.63, 3.8) is 0 Å². The number of carbonyl (C=O) groups excluding carboxylic acids is 1. The van der Waals surface area contributed by atoms with Crippen molar-refractivity contribution in [1.29, 1.82) is 0 Å². The summed E-state index contributed by atoms with van der Waals surface area (Å²) in [4.78, 5) is 12.0. The molecule has 0 radical (unpaired) electrons. The third-order valence-electron chi connectivity index (χ3n) is 3.97. The maximum atomic E-state index is 12.0. The van der Waals surface area contributed by atoms with Crippen LogP contribution in [0.15, 0.2) is 65.8 Å². The predicted molar refractivity (Wildman–Crippen MR) is 90.5 cm³/mol. The van der Waals surface area contributed by atoms with Gasteiger partial charge in [0.15, 0.2) is 0 Å². The van der Waals surface area contributed by atoms with E-state index < -0.39 is 0 Å². The van der Waals surface area contributed by atoms with Gasteiger partial charge in [0, 0.05) is 12.1 Å². The van der Waals surface area contributed by atoms with E-state index in [0.29, 0.717) is 6.61 Å². The Morgan fingerprint density at radius 3 is 2.22 bits per heavy atom. The van der Waals surface area contributed by atoms with E-state index >= 15 is 0 Å². The Morgan fingerprint density at radius 1 is 1.13 bits per heavy atom. The Morgan fingerprint density at radius 2 is 1.70 bits per heavy atom. The molecular formula is C19H20N2O2. The van der Waals surface area contributed by atoms with Crippen LogP contribution in [0.25, 0.3) is 0 Å². The summed E-state index contributed by atoms with van der Waals surface area (Å²) in [6.07, 6.45) is 2.14. The predicted octanol–water partition coefficient (Wildman–Crippen LogP) is 4.04. The first-order chi connectivity index (χ1) is 11.3. The van der Waals surface area contributed by atoms with E-state index in [9.17, 15) is 4.79 Å². The van der Waals surface area contributed by atoms with Crippen LogP contribution < -0.4 is 0 Å². The van der Waals surface area contributed by atoms with Crippen molar-refractivity contribution in [2.45, 2.75) is 25.3 Å². The minimum atomic E-state index is -0.378. The number of nitrogens with zero attached hydrogens (tertiary/aromatic N) is 2. The van der Waals surface area contributed by atoms with Crippen LogP contribution in [0.4, 0.5) is 4.79 Å². The van der Waals surface area contributed by atoms with E-state index in [1.807, 2.05) is 43.3 Å². The largest absolute Gasteiger partial charge is 0.446 e. The van der Waals surface area contributed by atoms with Crippen molar-refractivity contribution in [3.05, 3.63) is 71.8 Å². The summed E-state index contributed by atoms with van der Waals surface area (Å²) in [5.41, 5.74) is 2.30. The number of rotatable bonds is 5. The van der Waals surface area contributed by atoms with E-state index in [4.69, 9.17) is 4.74 Å². The Bertz CT molecular complexity index is 631. The highest BCUT2D eigenvalue weighted by atomic mass is 16.6. The number of hydrogen-bond donors (Lipinski definition) is 0. The molecule has 4 nitrogen and oxygen atoms in total. The molecular weight excluding hydrogens is 288 g/mol. The second-order valence-corrected chi connectivity index (χ2v) is 5.49. The van der Waals surface area contributed by atoms with Crippen LogP contribution >= 0.6 is 0 Å². The lowest BCUT2D eigenvalue weighted by molar-refractivity contribution is 0.158. The summed E-state index contributed by atoms with van der Waals surface area (Å²) in [6.45, 7) is 2.33. The van der Waals surface area contributed by atoms with Gasteiger partial charge in [-0.1, -0.05) is 67.6 Å². The molecule has 1 aliphatic heterocycles. The number of cyclic esters (lactones) is 1. The summed E-state index contributed by atoms with van der Waals surface area (Å²) < 4.78 is 5.27. The minimum Gasteiger partial charge on any atom is -0.446 e. The van der Waals surface area contributed by atoms with Gasteiger partial charge in [-0.15, -0.1) is 0 Å². The van der Waals surface area contributed by atoms with E-state index in [1.165, 1.54) is 5.01 Å². The van der Waals surface area contributed by atoms with Gasteiger partial charge in [0.05, 0.1) is 0 Å². The fourth-order valence-electron chi connectivity index (χ4n) is 2.93. The molecule has 0 N–H and O–H groups in total. The molecule has 0 unspecified atom stereocenters.